The van der Waals surface area contributed by atoms with Crippen molar-refractivity contribution in [2.45, 2.75) is 20.4 Å². The molecule has 3 aromatic rings. The summed E-state index contributed by atoms with van der Waals surface area (Å²) in [7, 11) is 0. The number of fused-ring (bicyclic) bond motifs is 1. The first-order chi connectivity index (χ1) is 11.2. The molecular weight excluding hydrogens is 290 g/mol. The van der Waals surface area contributed by atoms with Crippen molar-refractivity contribution in [2.75, 3.05) is 0 Å². The van der Waals surface area contributed by atoms with E-state index in [1.54, 1.807) is 6.33 Å². The molecule has 0 aliphatic carbocycles. The predicted molar refractivity (Wildman–Crippen MR) is 87.9 cm³/mol. The summed E-state index contributed by atoms with van der Waals surface area (Å²) in [6, 6.07) is 6.23. The smallest absolute Gasteiger partial charge is 0.143 e. The number of benzene rings is 1. The molecule has 23 heavy (non-hydrogen) atoms. The second-order valence-electron chi connectivity index (χ2n) is 5.61. The van der Waals surface area contributed by atoms with Crippen molar-refractivity contribution in [2.24, 2.45) is 0 Å². The van der Waals surface area contributed by atoms with Crippen molar-refractivity contribution in [1.82, 2.24) is 25.6 Å². The normalized spacial score (nSPS) is 14.2. The number of rotatable bonds is 3. The highest BCUT2D eigenvalue weighted by atomic mass is 16.5. The fourth-order valence-electron chi connectivity index (χ4n) is 2.85. The van der Waals surface area contributed by atoms with Crippen molar-refractivity contribution in [3.63, 3.8) is 0 Å². The van der Waals surface area contributed by atoms with Crippen LogP contribution in [-0.4, -0.2) is 20.1 Å². The van der Waals surface area contributed by atoms with Crippen molar-refractivity contribution in [3.8, 4) is 0 Å². The Kier molecular flexibility index (Phi) is 3.15. The van der Waals surface area contributed by atoms with E-state index in [9.17, 15) is 0 Å². The van der Waals surface area contributed by atoms with Crippen LogP contribution in [0.15, 0.2) is 47.4 Å². The Morgan fingerprint density at radius 2 is 2.17 bits per heavy atom. The predicted octanol–water partition coefficient (Wildman–Crippen LogP) is 3.04. The maximum Gasteiger partial charge on any atom is 0.143 e. The Hall–Kier alpha value is -3.02. The highest BCUT2D eigenvalue weighted by Gasteiger charge is 2.17. The summed E-state index contributed by atoms with van der Waals surface area (Å²) in [4.78, 5) is 7.39. The molecule has 2 aromatic heterocycles. The van der Waals surface area contributed by atoms with Crippen LogP contribution in [0.2, 0.25) is 0 Å². The van der Waals surface area contributed by atoms with Crippen molar-refractivity contribution >= 4 is 16.7 Å². The molecule has 0 saturated carbocycles. The Bertz CT molecular complexity index is 899. The molecule has 1 aliphatic rings. The molecule has 0 unspecified atom stereocenters. The number of nitrogens with zero attached hydrogens (tertiary/aromatic N) is 3. The highest BCUT2D eigenvalue weighted by molar-refractivity contribution is 5.75. The van der Waals surface area contributed by atoms with Crippen molar-refractivity contribution < 1.29 is 4.52 Å². The minimum absolute atomic E-state index is 0.742. The number of hydrogen-bond acceptors (Lipinski definition) is 5. The van der Waals surface area contributed by atoms with E-state index >= 15 is 0 Å². The molecule has 6 heteroatoms. The molecule has 1 aromatic carbocycles. The highest BCUT2D eigenvalue weighted by Crippen LogP contribution is 2.23. The zero-order valence-corrected chi connectivity index (χ0v) is 13.0. The summed E-state index contributed by atoms with van der Waals surface area (Å²) in [5.74, 6) is 0.815. The summed E-state index contributed by atoms with van der Waals surface area (Å²) >= 11 is 0. The van der Waals surface area contributed by atoms with Gasteiger partial charge in [0.1, 0.15) is 5.76 Å². The average molecular weight is 307 g/mol. The van der Waals surface area contributed by atoms with Gasteiger partial charge in [0, 0.05) is 6.20 Å². The van der Waals surface area contributed by atoms with Gasteiger partial charge in [0.05, 0.1) is 40.9 Å². The molecule has 6 nitrogen and oxygen atoms in total. The summed E-state index contributed by atoms with van der Waals surface area (Å²) in [6.07, 6.45) is 7.78. The van der Waals surface area contributed by atoms with Crippen LogP contribution in [0, 0.1) is 13.8 Å². The largest absolute Gasteiger partial charge is 0.361 e. The molecule has 0 amide bonds. The number of allylic oxidation sites excluding steroid dienone is 2. The van der Waals surface area contributed by atoms with Crippen LogP contribution >= 0.6 is 0 Å². The van der Waals surface area contributed by atoms with Gasteiger partial charge in [-0.2, -0.15) is 0 Å². The zero-order valence-electron chi connectivity index (χ0n) is 13.0. The van der Waals surface area contributed by atoms with E-state index < -0.39 is 0 Å². The SMILES string of the molecule is Cc1noc(C)c1C1=CC=CN(Cc2ccc3nc[nH]c3c2)N1. The molecule has 0 saturated heterocycles. The molecule has 116 valence electrons. The van der Waals surface area contributed by atoms with Gasteiger partial charge in [-0.15, -0.1) is 0 Å². The van der Waals surface area contributed by atoms with E-state index in [1.165, 1.54) is 5.56 Å². The monoisotopic (exact) mass is 307 g/mol. The first-order valence-electron chi connectivity index (χ1n) is 7.48. The number of hydrazine groups is 1. The lowest BCUT2D eigenvalue weighted by Crippen LogP contribution is -2.33. The lowest BCUT2D eigenvalue weighted by Gasteiger charge is -2.27. The Morgan fingerprint density at radius 3 is 3.00 bits per heavy atom. The topological polar surface area (TPSA) is 70.0 Å². The van der Waals surface area contributed by atoms with E-state index in [0.29, 0.717) is 0 Å². The van der Waals surface area contributed by atoms with Crippen LogP contribution in [0.5, 0.6) is 0 Å². The third-order valence-corrected chi connectivity index (χ3v) is 3.93. The quantitative estimate of drug-likeness (QED) is 0.778. The van der Waals surface area contributed by atoms with Gasteiger partial charge in [0.25, 0.3) is 0 Å². The second-order valence-corrected chi connectivity index (χ2v) is 5.61. The molecule has 0 fully saturated rings. The molecule has 0 atom stereocenters. The number of imidazole rings is 1. The van der Waals surface area contributed by atoms with E-state index in [4.69, 9.17) is 4.52 Å². The first-order valence-corrected chi connectivity index (χ1v) is 7.48. The summed E-state index contributed by atoms with van der Waals surface area (Å²) in [5.41, 5.74) is 9.52. The third kappa shape index (κ3) is 2.48. The van der Waals surface area contributed by atoms with E-state index in [1.807, 2.05) is 43.3 Å². The number of aryl methyl sites for hydroxylation is 2. The molecule has 2 N–H and O–H groups in total. The Balaban J connectivity index is 1.55. The van der Waals surface area contributed by atoms with E-state index in [-0.39, 0.29) is 0 Å². The fraction of sp³-hybridized carbons (Fsp3) is 0.176. The van der Waals surface area contributed by atoms with Gasteiger partial charge in [-0.05, 0) is 43.7 Å². The van der Waals surface area contributed by atoms with Gasteiger partial charge in [0.2, 0.25) is 0 Å². The number of hydrogen-bond donors (Lipinski definition) is 2. The van der Waals surface area contributed by atoms with Gasteiger partial charge < -0.3 is 9.51 Å². The van der Waals surface area contributed by atoms with Crippen LogP contribution in [0.4, 0.5) is 0 Å². The third-order valence-electron chi connectivity index (χ3n) is 3.93. The maximum atomic E-state index is 5.26. The Morgan fingerprint density at radius 1 is 1.26 bits per heavy atom. The van der Waals surface area contributed by atoms with Crippen LogP contribution in [0.3, 0.4) is 0 Å². The molecule has 3 heterocycles. The maximum absolute atomic E-state index is 5.26. The number of H-pyrrole nitrogens is 1. The molecule has 0 radical (unpaired) electrons. The minimum Gasteiger partial charge on any atom is -0.361 e. The second kappa shape index (κ2) is 5.31. The standard InChI is InChI=1S/C17H17N5O/c1-11-17(12(2)23-21-11)15-4-3-7-22(20-15)9-13-5-6-14-16(8-13)19-10-18-14/h3-8,10,20H,9H2,1-2H3,(H,18,19). The van der Waals surface area contributed by atoms with E-state index in [0.717, 1.165) is 40.3 Å². The number of aromatic nitrogens is 3. The van der Waals surface area contributed by atoms with Crippen LogP contribution in [0.25, 0.3) is 16.7 Å². The minimum atomic E-state index is 0.742. The summed E-state index contributed by atoms with van der Waals surface area (Å²) < 4.78 is 5.26. The average Bonchev–Trinajstić information content (AvgIpc) is 3.13. The molecular formula is C17H17N5O. The fourth-order valence-corrected chi connectivity index (χ4v) is 2.85. The van der Waals surface area contributed by atoms with Crippen molar-refractivity contribution in [3.05, 3.63) is 65.5 Å². The molecule has 4 rings (SSSR count). The van der Waals surface area contributed by atoms with Gasteiger partial charge >= 0.3 is 0 Å². The van der Waals surface area contributed by atoms with Gasteiger partial charge in [-0.1, -0.05) is 11.2 Å². The van der Waals surface area contributed by atoms with Gasteiger partial charge in [-0.3, -0.25) is 10.4 Å². The molecule has 1 aliphatic heterocycles. The van der Waals surface area contributed by atoms with Crippen LogP contribution in [0.1, 0.15) is 22.6 Å². The molecule has 0 spiro atoms. The van der Waals surface area contributed by atoms with E-state index in [2.05, 4.69) is 32.7 Å². The Labute approximate surface area is 133 Å². The van der Waals surface area contributed by atoms with Crippen molar-refractivity contribution in [1.29, 1.82) is 0 Å². The summed E-state index contributed by atoms with van der Waals surface area (Å²) in [5, 5.41) is 6.06. The van der Waals surface area contributed by atoms with Gasteiger partial charge in [-0.25, -0.2) is 4.98 Å². The van der Waals surface area contributed by atoms with Crippen LogP contribution < -0.4 is 5.43 Å². The lowest BCUT2D eigenvalue weighted by atomic mass is 10.1. The molecule has 0 bridgehead atoms. The van der Waals surface area contributed by atoms with Crippen LogP contribution in [-0.2, 0) is 6.54 Å². The number of nitrogens with one attached hydrogen (secondary N) is 2. The number of aromatic amines is 1. The first kappa shape index (κ1) is 13.6. The zero-order chi connectivity index (χ0) is 15.8. The van der Waals surface area contributed by atoms with Gasteiger partial charge in [0.15, 0.2) is 0 Å². The summed E-state index contributed by atoms with van der Waals surface area (Å²) in [6.45, 7) is 4.61. The lowest BCUT2D eigenvalue weighted by molar-refractivity contribution is 0.313.